The van der Waals surface area contributed by atoms with Crippen molar-refractivity contribution in [2.75, 3.05) is 0 Å². The Labute approximate surface area is 151 Å². The number of aromatic nitrogens is 2. The molecule has 6 nitrogen and oxygen atoms in total. The van der Waals surface area contributed by atoms with Crippen LogP contribution in [0.4, 0.5) is 0 Å². The molecular formula is C20H21N3O3. The minimum absolute atomic E-state index is 0.149. The van der Waals surface area contributed by atoms with Crippen molar-refractivity contribution in [3.05, 3.63) is 65.5 Å². The quantitative estimate of drug-likeness (QED) is 0.732. The molecule has 1 aromatic heterocycles. The molecule has 0 radical (unpaired) electrons. The van der Waals surface area contributed by atoms with Crippen LogP contribution in [-0.4, -0.2) is 26.5 Å². The molecule has 134 valence electrons. The van der Waals surface area contributed by atoms with Crippen LogP contribution in [0.5, 0.6) is 0 Å². The number of nitrogens with zero attached hydrogens (tertiary/aromatic N) is 2. The van der Waals surface area contributed by atoms with Crippen LogP contribution in [0.1, 0.15) is 59.4 Å². The van der Waals surface area contributed by atoms with Crippen LogP contribution < -0.4 is 5.32 Å². The summed E-state index contributed by atoms with van der Waals surface area (Å²) >= 11 is 0. The van der Waals surface area contributed by atoms with Gasteiger partial charge in [0.25, 0.3) is 5.91 Å². The maximum Gasteiger partial charge on any atom is 0.335 e. The van der Waals surface area contributed by atoms with Crippen LogP contribution in [0, 0.1) is 0 Å². The summed E-state index contributed by atoms with van der Waals surface area (Å²) in [6.07, 6.45) is 0. The van der Waals surface area contributed by atoms with Gasteiger partial charge in [-0.05, 0) is 57.2 Å². The van der Waals surface area contributed by atoms with Gasteiger partial charge in [0.05, 0.1) is 22.6 Å². The van der Waals surface area contributed by atoms with Crippen molar-refractivity contribution < 1.29 is 14.7 Å². The van der Waals surface area contributed by atoms with Crippen LogP contribution in [0.25, 0.3) is 11.0 Å². The number of aromatic carboxylic acids is 1. The lowest BCUT2D eigenvalue weighted by atomic mass is 10.1. The van der Waals surface area contributed by atoms with E-state index in [1.54, 1.807) is 0 Å². The number of carbonyl (C=O) groups is 2. The van der Waals surface area contributed by atoms with E-state index < -0.39 is 5.97 Å². The molecule has 3 aromatic rings. The third-order valence-corrected chi connectivity index (χ3v) is 4.27. The fourth-order valence-corrected chi connectivity index (χ4v) is 3.02. The number of benzene rings is 2. The predicted molar refractivity (Wildman–Crippen MR) is 99.4 cm³/mol. The van der Waals surface area contributed by atoms with E-state index in [4.69, 9.17) is 5.11 Å². The summed E-state index contributed by atoms with van der Waals surface area (Å²) in [5.41, 5.74) is 2.48. The second kappa shape index (κ2) is 7.00. The zero-order valence-corrected chi connectivity index (χ0v) is 14.9. The van der Waals surface area contributed by atoms with Gasteiger partial charge in [0, 0.05) is 11.6 Å². The third kappa shape index (κ3) is 3.31. The van der Waals surface area contributed by atoms with Gasteiger partial charge in [-0.15, -0.1) is 0 Å². The first-order valence-corrected chi connectivity index (χ1v) is 8.49. The average Bonchev–Trinajstić information content (AvgIpc) is 3.01. The molecule has 1 amide bonds. The minimum atomic E-state index is -1.02. The number of hydrogen-bond donors (Lipinski definition) is 2. The van der Waals surface area contributed by atoms with Crippen molar-refractivity contribution in [1.82, 2.24) is 14.9 Å². The Balaban J connectivity index is 1.86. The Kier molecular flexibility index (Phi) is 4.75. The molecule has 1 atom stereocenters. The van der Waals surface area contributed by atoms with Gasteiger partial charge < -0.3 is 15.0 Å². The summed E-state index contributed by atoms with van der Waals surface area (Å²) in [6.45, 7) is 6.05. The van der Waals surface area contributed by atoms with Gasteiger partial charge in [-0.3, -0.25) is 4.79 Å². The number of carbonyl (C=O) groups excluding carboxylic acids is 1. The first-order chi connectivity index (χ1) is 12.4. The summed E-state index contributed by atoms with van der Waals surface area (Å²) in [5.74, 6) is -0.496. The fourth-order valence-electron chi connectivity index (χ4n) is 3.02. The molecule has 0 aliphatic heterocycles. The summed E-state index contributed by atoms with van der Waals surface area (Å²) in [4.78, 5) is 28.1. The van der Waals surface area contributed by atoms with Crippen LogP contribution >= 0.6 is 0 Å². The number of fused-ring (bicyclic) bond motifs is 1. The van der Waals surface area contributed by atoms with Crippen molar-refractivity contribution in [1.29, 1.82) is 0 Å². The lowest BCUT2D eigenvalue weighted by Gasteiger charge is -2.19. The number of nitrogens with one attached hydrogen (secondary N) is 1. The van der Waals surface area contributed by atoms with Crippen LogP contribution in [0.3, 0.4) is 0 Å². The Morgan fingerprint density at radius 1 is 1.00 bits per heavy atom. The molecule has 0 aliphatic carbocycles. The molecule has 6 heteroatoms. The topological polar surface area (TPSA) is 84.2 Å². The minimum Gasteiger partial charge on any atom is -0.478 e. The van der Waals surface area contributed by atoms with E-state index in [-0.39, 0.29) is 23.6 Å². The molecular weight excluding hydrogens is 330 g/mol. The van der Waals surface area contributed by atoms with E-state index in [0.717, 1.165) is 16.9 Å². The first-order valence-electron chi connectivity index (χ1n) is 8.49. The highest BCUT2D eigenvalue weighted by Crippen LogP contribution is 2.25. The summed E-state index contributed by atoms with van der Waals surface area (Å²) < 4.78 is 2.12. The summed E-state index contributed by atoms with van der Waals surface area (Å²) in [7, 11) is 0. The molecule has 0 saturated carbocycles. The maximum atomic E-state index is 12.5. The Bertz CT molecular complexity index is 958. The predicted octanol–water partition coefficient (Wildman–Crippen LogP) is 3.81. The zero-order valence-electron chi connectivity index (χ0n) is 14.9. The summed E-state index contributed by atoms with van der Waals surface area (Å²) in [6, 6.07) is 13.7. The SMILES string of the molecule is CC(NC(=O)c1ccc(C(=O)O)cc1)c1nc2ccccc2n1C(C)C. The monoisotopic (exact) mass is 351 g/mol. The molecule has 0 bridgehead atoms. The molecule has 3 rings (SSSR count). The molecule has 1 heterocycles. The third-order valence-electron chi connectivity index (χ3n) is 4.27. The Morgan fingerprint density at radius 2 is 1.62 bits per heavy atom. The maximum absolute atomic E-state index is 12.5. The van der Waals surface area contributed by atoms with Crippen molar-refractivity contribution in [3.8, 4) is 0 Å². The van der Waals surface area contributed by atoms with E-state index in [1.165, 1.54) is 24.3 Å². The second-order valence-electron chi connectivity index (χ2n) is 6.50. The van der Waals surface area contributed by atoms with Crippen LogP contribution in [0.2, 0.25) is 0 Å². The van der Waals surface area contributed by atoms with Gasteiger partial charge in [0.2, 0.25) is 0 Å². The molecule has 2 N–H and O–H groups in total. The highest BCUT2D eigenvalue weighted by molar-refractivity contribution is 5.96. The molecule has 1 unspecified atom stereocenters. The number of imidazole rings is 1. The lowest BCUT2D eigenvalue weighted by molar-refractivity contribution is 0.0696. The molecule has 0 aliphatic rings. The number of carboxylic acid groups (broad SMARTS) is 1. The Morgan fingerprint density at radius 3 is 2.23 bits per heavy atom. The fraction of sp³-hybridized carbons (Fsp3) is 0.250. The molecule has 26 heavy (non-hydrogen) atoms. The standard InChI is InChI=1S/C20H21N3O3/c1-12(2)23-17-7-5-4-6-16(17)22-18(23)13(3)21-19(24)14-8-10-15(11-9-14)20(25)26/h4-13H,1-3H3,(H,21,24)(H,25,26). The highest BCUT2D eigenvalue weighted by atomic mass is 16.4. The van der Waals surface area contributed by atoms with Gasteiger partial charge in [0.15, 0.2) is 0 Å². The number of rotatable bonds is 5. The average molecular weight is 351 g/mol. The molecule has 2 aromatic carbocycles. The second-order valence-corrected chi connectivity index (χ2v) is 6.50. The van der Waals surface area contributed by atoms with E-state index in [1.807, 2.05) is 31.2 Å². The van der Waals surface area contributed by atoms with Crippen LogP contribution in [-0.2, 0) is 0 Å². The van der Waals surface area contributed by atoms with Gasteiger partial charge in [-0.1, -0.05) is 12.1 Å². The van der Waals surface area contributed by atoms with Gasteiger partial charge in [0.1, 0.15) is 5.82 Å². The number of hydrogen-bond acceptors (Lipinski definition) is 3. The van der Waals surface area contributed by atoms with Gasteiger partial charge in [-0.25, -0.2) is 9.78 Å². The van der Waals surface area contributed by atoms with Gasteiger partial charge >= 0.3 is 5.97 Å². The van der Waals surface area contributed by atoms with Gasteiger partial charge in [-0.2, -0.15) is 0 Å². The summed E-state index contributed by atoms with van der Waals surface area (Å²) in [5, 5.41) is 11.9. The molecule has 0 saturated heterocycles. The molecule has 0 fully saturated rings. The highest BCUT2D eigenvalue weighted by Gasteiger charge is 2.20. The van der Waals surface area contributed by atoms with Crippen molar-refractivity contribution in [2.45, 2.75) is 32.9 Å². The number of amides is 1. The Hall–Kier alpha value is -3.15. The van der Waals surface area contributed by atoms with Crippen molar-refractivity contribution in [3.63, 3.8) is 0 Å². The van der Waals surface area contributed by atoms with E-state index in [2.05, 4.69) is 28.7 Å². The van der Waals surface area contributed by atoms with E-state index in [9.17, 15) is 9.59 Å². The number of carboxylic acids is 1. The van der Waals surface area contributed by atoms with Crippen molar-refractivity contribution in [2.24, 2.45) is 0 Å². The lowest BCUT2D eigenvalue weighted by Crippen LogP contribution is -2.29. The first kappa shape index (κ1) is 17.7. The van der Waals surface area contributed by atoms with E-state index >= 15 is 0 Å². The largest absolute Gasteiger partial charge is 0.478 e. The number of para-hydroxylation sites is 2. The normalized spacial score (nSPS) is 12.3. The van der Waals surface area contributed by atoms with E-state index in [0.29, 0.717) is 5.56 Å². The molecule has 0 spiro atoms. The zero-order chi connectivity index (χ0) is 18.8. The van der Waals surface area contributed by atoms with Crippen LogP contribution in [0.15, 0.2) is 48.5 Å². The van der Waals surface area contributed by atoms with Crippen molar-refractivity contribution >= 4 is 22.9 Å². The smallest absolute Gasteiger partial charge is 0.335 e.